The Bertz CT molecular complexity index is 378. The van der Waals surface area contributed by atoms with Crippen molar-refractivity contribution >= 4 is 11.9 Å². The molecule has 0 aromatic carbocycles. The summed E-state index contributed by atoms with van der Waals surface area (Å²) in [5.41, 5.74) is -0.190. The van der Waals surface area contributed by atoms with E-state index in [-0.39, 0.29) is 17.7 Å². The largest absolute Gasteiger partial charge is 0.481 e. The summed E-state index contributed by atoms with van der Waals surface area (Å²) in [6, 6.07) is 0. The highest BCUT2D eigenvalue weighted by Crippen LogP contribution is 2.46. The predicted molar refractivity (Wildman–Crippen MR) is 79.0 cm³/mol. The molecule has 0 spiro atoms. The fraction of sp³-hybridized carbons (Fsp3) is 0.875. The average Bonchev–Trinajstić information content (AvgIpc) is 2.44. The van der Waals surface area contributed by atoms with E-state index >= 15 is 0 Å². The monoisotopic (exact) mass is 297 g/mol. The van der Waals surface area contributed by atoms with Crippen LogP contribution >= 0.6 is 0 Å². The minimum absolute atomic E-state index is 0.190. The minimum Gasteiger partial charge on any atom is -0.481 e. The van der Waals surface area contributed by atoms with Crippen molar-refractivity contribution in [2.24, 2.45) is 11.3 Å². The highest BCUT2D eigenvalue weighted by Gasteiger charge is 2.46. The Morgan fingerprint density at radius 1 is 1.33 bits per heavy atom. The van der Waals surface area contributed by atoms with Crippen LogP contribution in [-0.2, 0) is 14.3 Å². The second-order valence-electron chi connectivity index (χ2n) is 6.57. The van der Waals surface area contributed by atoms with Crippen LogP contribution in [0.5, 0.6) is 0 Å². The number of nitrogens with zero attached hydrogens (tertiary/aromatic N) is 1. The fourth-order valence-electron chi connectivity index (χ4n) is 3.62. The number of carbonyl (C=O) groups excluding carboxylic acids is 1. The maximum absolute atomic E-state index is 12.8. The zero-order chi connectivity index (χ0) is 15.3. The van der Waals surface area contributed by atoms with Crippen molar-refractivity contribution in [3.63, 3.8) is 0 Å². The topological polar surface area (TPSA) is 66.8 Å². The third-order valence-electron chi connectivity index (χ3n) is 5.12. The number of likely N-dealkylation sites (tertiary alicyclic amines) is 1. The Hall–Kier alpha value is -1.10. The van der Waals surface area contributed by atoms with Gasteiger partial charge in [-0.1, -0.05) is 6.42 Å². The molecule has 1 saturated heterocycles. The molecule has 0 aromatic heterocycles. The maximum Gasteiger partial charge on any atom is 0.303 e. The first-order valence-corrected chi connectivity index (χ1v) is 8.07. The van der Waals surface area contributed by atoms with Gasteiger partial charge in [0.25, 0.3) is 0 Å². The number of carboxylic acids is 1. The Morgan fingerprint density at radius 2 is 2.10 bits per heavy atom. The molecular formula is C16H27NO4. The summed E-state index contributed by atoms with van der Waals surface area (Å²) in [4.78, 5) is 25.5. The van der Waals surface area contributed by atoms with Gasteiger partial charge >= 0.3 is 5.97 Å². The highest BCUT2D eigenvalue weighted by atomic mass is 16.5. The number of amides is 1. The van der Waals surface area contributed by atoms with Crippen molar-refractivity contribution in [3.05, 3.63) is 0 Å². The number of methoxy groups -OCH3 is 1. The van der Waals surface area contributed by atoms with Gasteiger partial charge in [0.15, 0.2) is 0 Å². The summed E-state index contributed by atoms with van der Waals surface area (Å²) in [7, 11) is 1.68. The second kappa shape index (κ2) is 7.25. The molecule has 2 rings (SSSR count). The zero-order valence-corrected chi connectivity index (χ0v) is 13.0. The van der Waals surface area contributed by atoms with Crippen molar-refractivity contribution in [1.29, 1.82) is 0 Å². The van der Waals surface area contributed by atoms with E-state index in [1.807, 2.05) is 4.90 Å². The fourth-order valence-corrected chi connectivity index (χ4v) is 3.62. The molecule has 1 saturated carbocycles. The van der Waals surface area contributed by atoms with E-state index in [4.69, 9.17) is 9.84 Å². The lowest BCUT2D eigenvalue weighted by atomic mass is 9.65. The highest BCUT2D eigenvalue weighted by molar-refractivity contribution is 5.83. The van der Waals surface area contributed by atoms with Crippen LogP contribution in [0.3, 0.4) is 0 Å². The summed E-state index contributed by atoms with van der Waals surface area (Å²) < 4.78 is 5.16. The van der Waals surface area contributed by atoms with Crippen LogP contribution in [-0.4, -0.2) is 48.7 Å². The van der Waals surface area contributed by atoms with Gasteiger partial charge in [-0.3, -0.25) is 9.59 Å². The van der Waals surface area contributed by atoms with Gasteiger partial charge in [0.1, 0.15) is 0 Å². The predicted octanol–water partition coefficient (Wildman–Crippen LogP) is 2.30. The summed E-state index contributed by atoms with van der Waals surface area (Å²) >= 11 is 0. The molecule has 5 nitrogen and oxygen atoms in total. The van der Waals surface area contributed by atoms with Crippen LogP contribution in [0.25, 0.3) is 0 Å². The van der Waals surface area contributed by atoms with Crippen molar-refractivity contribution in [2.75, 3.05) is 26.8 Å². The molecule has 1 aliphatic carbocycles. The Labute approximate surface area is 126 Å². The van der Waals surface area contributed by atoms with Crippen molar-refractivity contribution in [1.82, 2.24) is 4.90 Å². The third kappa shape index (κ3) is 3.96. The lowest BCUT2D eigenvalue weighted by Gasteiger charge is -2.45. The van der Waals surface area contributed by atoms with Gasteiger partial charge in [-0.15, -0.1) is 0 Å². The third-order valence-corrected chi connectivity index (χ3v) is 5.12. The second-order valence-corrected chi connectivity index (χ2v) is 6.57. The molecule has 120 valence electrons. The van der Waals surface area contributed by atoms with E-state index < -0.39 is 5.97 Å². The summed E-state index contributed by atoms with van der Waals surface area (Å²) in [6.45, 7) is 2.21. The van der Waals surface area contributed by atoms with E-state index in [1.54, 1.807) is 7.11 Å². The van der Waals surface area contributed by atoms with Crippen LogP contribution < -0.4 is 0 Å². The number of aliphatic carboxylic acids is 1. The summed E-state index contributed by atoms with van der Waals surface area (Å²) in [5, 5.41) is 8.80. The van der Waals surface area contributed by atoms with Gasteiger partial charge in [0, 0.05) is 33.2 Å². The quantitative estimate of drug-likeness (QED) is 0.783. The molecule has 1 atom stereocenters. The summed E-state index contributed by atoms with van der Waals surface area (Å²) in [5.74, 6) is -0.113. The summed E-state index contributed by atoms with van der Waals surface area (Å²) in [6.07, 6.45) is 6.84. The Balaban J connectivity index is 1.90. The average molecular weight is 297 g/mol. The molecular weight excluding hydrogens is 270 g/mol. The number of hydrogen-bond acceptors (Lipinski definition) is 3. The van der Waals surface area contributed by atoms with Crippen LogP contribution in [0.4, 0.5) is 0 Å². The molecule has 1 aliphatic heterocycles. The number of hydrogen-bond donors (Lipinski definition) is 1. The van der Waals surface area contributed by atoms with Gasteiger partial charge in [-0.05, 0) is 44.4 Å². The number of carbonyl (C=O) groups is 2. The first-order valence-electron chi connectivity index (χ1n) is 8.07. The smallest absolute Gasteiger partial charge is 0.303 e. The first kappa shape index (κ1) is 16.3. The van der Waals surface area contributed by atoms with E-state index in [0.29, 0.717) is 18.9 Å². The SMILES string of the molecule is COCCC1(C(=O)N2CCC[C@@H](CCC(=O)O)C2)CCC1. The molecule has 2 aliphatic rings. The van der Waals surface area contributed by atoms with Crippen molar-refractivity contribution < 1.29 is 19.4 Å². The Kier molecular flexibility index (Phi) is 5.62. The minimum atomic E-state index is -0.742. The molecule has 1 heterocycles. The van der Waals surface area contributed by atoms with Gasteiger partial charge in [-0.2, -0.15) is 0 Å². The van der Waals surface area contributed by atoms with Crippen LogP contribution in [0.2, 0.25) is 0 Å². The number of ether oxygens (including phenoxy) is 1. The standard InChI is InChI=1S/C16H27NO4/c1-21-11-9-16(7-3-8-16)15(20)17-10-2-4-13(12-17)5-6-14(18)19/h13H,2-12H2,1H3,(H,18,19)/t13-/m0/s1. The molecule has 0 aromatic rings. The van der Waals surface area contributed by atoms with Crippen molar-refractivity contribution in [3.8, 4) is 0 Å². The molecule has 0 bridgehead atoms. The van der Waals surface area contributed by atoms with E-state index in [9.17, 15) is 9.59 Å². The zero-order valence-electron chi connectivity index (χ0n) is 13.0. The first-order chi connectivity index (χ1) is 10.1. The molecule has 0 unspecified atom stereocenters. The molecule has 0 radical (unpaired) electrons. The van der Waals surface area contributed by atoms with E-state index in [0.717, 1.165) is 51.6 Å². The maximum atomic E-state index is 12.8. The lowest BCUT2D eigenvalue weighted by molar-refractivity contribution is -0.151. The van der Waals surface area contributed by atoms with Crippen molar-refractivity contribution in [2.45, 2.75) is 51.4 Å². The van der Waals surface area contributed by atoms with Crippen LogP contribution in [0.15, 0.2) is 0 Å². The molecule has 2 fully saturated rings. The number of piperidine rings is 1. The van der Waals surface area contributed by atoms with Gasteiger partial charge in [-0.25, -0.2) is 0 Å². The van der Waals surface area contributed by atoms with Gasteiger partial charge in [0.05, 0.1) is 5.41 Å². The number of carboxylic acid groups (broad SMARTS) is 1. The molecule has 5 heteroatoms. The van der Waals surface area contributed by atoms with Crippen LogP contribution in [0.1, 0.15) is 51.4 Å². The van der Waals surface area contributed by atoms with E-state index in [2.05, 4.69) is 0 Å². The van der Waals surface area contributed by atoms with E-state index in [1.165, 1.54) is 0 Å². The Morgan fingerprint density at radius 3 is 2.67 bits per heavy atom. The van der Waals surface area contributed by atoms with Gasteiger partial charge in [0.2, 0.25) is 5.91 Å². The van der Waals surface area contributed by atoms with Gasteiger partial charge < -0.3 is 14.7 Å². The number of rotatable bonds is 7. The molecule has 1 N–H and O–H groups in total. The normalized spacial score (nSPS) is 24.4. The lowest BCUT2D eigenvalue weighted by Crippen LogP contribution is -2.51. The molecule has 1 amide bonds. The van der Waals surface area contributed by atoms with Crippen LogP contribution in [0, 0.1) is 11.3 Å². The molecule has 21 heavy (non-hydrogen) atoms.